The van der Waals surface area contributed by atoms with Gasteiger partial charge < -0.3 is 15.0 Å². The first-order valence-corrected chi connectivity index (χ1v) is 12.5. The molecule has 1 unspecified atom stereocenters. The van der Waals surface area contributed by atoms with Crippen LogP contribution in [-0.2, 0) is 27.3 Å². The number of halogens is 1. The van der Waals surface area contributed by atoms with E-state index in [2.05, 4.69) is 24.5 Å². The number of carbonyl (C=O) groups is 3. The number of imide groups is 1. The molecule has 34 heavy (non-hydrogen) atoms. The molecule has 2 N–H and O–H groups in total. The molecule has 3 amide bonds. The van der Waals surface area contributed by atoms with E-state index in [-0.39, 0.29) is 49.2 Å². The van der Waals surface area contributed by atoms with Gasteiger partial charge in [0.2, 0.25) is 11.8 Å². The first kappa shape index (κ1) is 23.4. The van der Waals surface area contributed by atoms with Crippen molar-refractivity contribution >= 4 is 17.7 Å². The van der Waals surface area contributed by atoms with Crippen LogP contribution in [-0.4, -0.2) is 53.5 Å². The number of hydrogen-bond donors (Lipinski definition) is 2. The second kappa shape index (κ2) is 9.04. The minimum atomic E-state index is -0.744. The molecule has 3 heterocycles. The Labute approximate surface area is 199 Å². The second-order valence-electron chi connectivity index (χ2n) is 11.1. The van der Waals surface area contributed by atoms with Crippen molar-refractivity contribution in [2.45, 2.75) is 96.0 Å². The van der Waals surface area contributed by atoms with Crippen LogP contribution in [0.25, 0.3) is 0 Å². The Morgan fingerprint density at radius 1 is 1.21 bits per heavy atom. The van der Waals surface area contributed by atoms with Crippen LogP contribution >= 0.6 is 0 Å². The van der Waals surface area contributed by atoms with Gasteiger partial charge in [0.25, 0.3) is 5.91 Å². The van der Waals surface area contributed by atoms with Crippen LogP contribution in [0.15, 0.2) is 12.1 Å². The lowest BCUT2D eigenvalue weighted by atomic mass is 9.91. The largest absolute Gasteiger partial charge is 0.376 e. The van der Waals surface area contributed by atoms with Gasteiger partial charge in [-0.2, -0.15) is 0 Å². The predicted molar refractivity (Wildman–Crippen MR) is 123 cm³/mol. The van der Waals surface area contributed by atoms with Crippen molar-refractivity contribution in [2.24, 2.45) is 5.41 Å². The molecule has 3 aliphatic heterocycles. The standard InChI is InChI=1S/C26H34FN3O4/c1-26(2)10-9-16(13-26)28-19-4-3-11-34-21(19)12-15-5-6-17-18(23(15)27)14-30(25(17)33)20-7-8-22(31)29-24(20)32/h5-6,16,19-21,28H,3-4,7-14H2,1-2H3,(H,29,31,32)/t16-,19-,20?,21+/m0/s1. The molecule has 4 aliphatic rings. The van der Waals surface area contributed by atoms with E-state index in [4.69, 9.17) is 4.74 Å². The summed E-state index contributed by atoms with van der Waals surface area (Å²) in [6.45, 7) is 5.34. The van der Waals surface area contributed by atoms with Gasteiger partial charge in [-0.05, 0) is 55.6 Å². The average Bonchev–Trinajstić information content (AvgIpc) is 3.30. The van der Waals surface area contributed by atoms with Crippen molar-refractivity contribution in [3.8, 4) is 0 Å². The third kappa shape index (κ3) is 4.50. The zero-order valence-corrected chi connectivity index (χ0v) is 20.0. The van der Waals surface area contributed by atoms with E-state index < -0.39 is 11.9 Å². The molecule has 3 fully saturated rings. The van der Waals surface area contributed by atoms with Crippen LogP contribution in [0.1, 0.15) is 80.3 Å². The number of amides is 3. The van der Waals surface area contributed by atoms with Crippen LogP contribution in [0, 0.1) is 11.2 Å². The zero-order valence-electron chi connectivity index (χ0n) is 20.0. The van der Waals surface area contributed by atoms with E-state index in [1.165, 1.54) is 11.3 Å². The van der Waals surface area contributed by atoms with Crippen LogP contribution in [0.4, 0.5) is 4.39 Å². The van der Waals surface area contributed by atoms with Crippen molar-refractivity contribution < 1.29 is 23.5 Å². The van der Waals surface area contributed by atoms with Crippen LogP contribution in [0.3, 0.4) is 0 Å². The molecule has 1 aromatic rings. The number of hydrogen-bond acceptors (Lipinski definition) is 5. The Hall–Kier alpha value is -2.32. The van der Waals surface area contributed by atoms with E-state index in [0.717, 1.165) is 25.7 Å². The molecule has 1 aromatic carbocycles. The highest BCUT2D eigenvalue weighted by molar-refractivity contribution is 6.05. The van der Waals surface area contributed by atoms with Gasteiger partial charge >= 0.3 is 0 Å². The third-order valence-corrected chi connectivity index (χ3v) is 8.01. The number of benzene rings is 1. The van der Waals surface area contributed by atoms with Gasteiger partial charge in [0.05, 0.1) is 12.6 Å². The van der Waals surface area contributed by atoms with Crippen molar-refractivity contribution in [1.82, 2.24) is 15.5 Å². The Kier molecular flexibility index (Phi) is 6.23. The SMILES string of the molecule is CC1(C)CC[C@H](N[C@H]2CCCO[C@@H]2Cc2ccc3c(c2F)CN(C2CCC(=O)NC2=O)C3=O)C1. The lowest BCUT2D eigenvalue weighted by Crippen LogP contribution is -2.52. The normalized spacial score (nSPS) is 31.0. The fraction of sp³-hybridized carbons (Fsp3) is 0.654. The van der Waals surface area contributed by atoms with Crippen LogP contribution < -0.4 is 10.6 Å². The summed E-state index contributed by atoms with van der Waals surface area (Å²) in [5, 5.41) is 6.08. The monoisotopic (exact) mass is 471 g/mol. The molecule has 0 bridgehead atoms. The fourth-order valence-electron chi connectivity index (χ4n) is 6.14. The van der Waals surface area contributed by atoms with E-state index in [9.17, 15) is 14.4 Å². The molecule has 0 aromatic heterocycles. The molecule has 0 radical (unpaired) electrons. The average molecular weight is 472 g/mol. The van der Waals surface area contributed by atoms with E-state index in [0.29, 0.717) is 41.2 Å². The molecule has 2 saturated heterocycles. The summed E-state index contributed by atoms with van der Waals surface area (Å²) < 4.78 is 21.7. The smallest absolute Gasteiger partial charge is 0.255 e. The van der Waals surface area contributed by atoms with E-state index >= 15 is 4.39 Å². The number of piperidine rings is 1. The lowest BCUT2D eigenvalue weighted by Gasteiger charge is -2.35. The molecule has 4 atom stereocenters. The Morgan fingerprint density at radius 2 is 2.03 bits per heavy atom. The molecule has 5 rings (SSSR count). The maximum absolute atomic E-state index is 15.6. The van der Waals surface area contributed by atoms with Gasteiger partial charge in [0.1, 0.15) is 11.9 Å². The molecule has 8 heteroatoms. The van der Waals surface area contributed by atoms with E-state index in [1.54, 1.807) is 12.1 Å². The number of fused-ring (bicyclic) bond motifs is 1. The fourth-order valence-corrected chi connectivity index (χ4v) is 6.14. The van der Waals surface area contributed by atoms with Crippen molar-refractivity contribution in [2.75, 3.05) is 6.61 Å². The van der Waals surface area contributed by atoms with Gasteiger partial charge in [0, 0.05) is 42.7 Å². The molecule has 0 spiro atoms. The number of carbonyl (C=O) groups excluding carboxylic acids is 3. The minimum absolute atomic E-state index is 0.0461. The Balaban J connectivity index is 1.30. The predicted octanol–water partition coefficient (Wildman–Crippen LogP) is 2.85. The summed E-state index contributed by atoms with van der Waals surface area (Å²) in [7, 11) is 0. The summed E-state index contributed by atoms with van der Waals surface area (Å²) in [5.41, 5.74) is 1.54. The summed E-state index contributed by atoms with van der Waals surface area (Å²) >= 11 is 0. The quantitative estimate of drug-likeness (QED) is 0.645. The molecule has 1 aliphatic carbocycles. The second-order valence-corrected chi connectivity index (χ2v) is 11.1. The number of rotatable bonds is 5. The minimum Gasteiger partial charge on any atom is -0.376 e. The van der Waals surface area contributed by atoms with Gasteiger partial charge in [-0.25, -0.2) is 4.39 Å². The van der Waals surface area contributed by atoms with Crippen LogP contribution in [0.2, 0.25) is 0 Å². The summed E-state index contributed by atoms with van der Waals surface area (Å²) in [5.74, 6) is -1.56. The zero-order chi connectivity index (χ0) is 24.0. The number of nitrogens with zero attached hydrogens (tertiary/aromatic N) is 1. The number of nitrogens with one attached hydrogen (secondary N) is 2. The summed E-state index contributed by atoms with van der Waals surface area (Å²) in [6.07, 6.45) is 6.27. The maximum Gasteiger partial charge on any atom is 0.255 e. The third-order valence-electron chi connectivity index (χ3n) is 8.01. The molecule has 184 valence electrons. The highest BCUT2D eigenvalue weighted by atomic mass is 19.1. The van der Waals surface area contributed by atoms with Gasteiger partial charge in [0.15, 0.2) is 0 Å². The molecule has 7 nitrogen and oxygen atoms in total. The Bertz CT molecular complexity index is 1010. The first-order valence-electron chi connectivity index (χ1n) is 12.5. The van der Waals surface area contributed by atoms with Gasteiger partial charge in [-0.1, -0.05) is 19.9 Å². The van der Waals surface area contributed by atoms with E-state index in [1.807, 2.05) is 0 Å². The van der Waals surface area contributed by atoms with Crippen molar-refractivity contribution in [1.29, 1.82) is 0 Å². The van der Waals surface area contributed by atoms with Crippen molar-refractivity contribution in [3.05, 3.63) is 34.6 Å². The topological polar surface area (TPSA) is 87.7 Å². The van der Waals surface area contributed by atoms with Crippen LogP contribution in [0.5, 0.6) is 0 Å². The number of ether oxygens (including phenoxy) is 1. The highest BCUT2D eigenvalue weighted by Gasteiger charge is 2.41. The lowest BCUT2D eigenvalue weighted by molar-refractivity contribution is -0.136. The molecular formula is C26H34FN3O4. The van der Waals surface area contributed by atoms with Crippen molar-refractivity contribution in [3.63, 3.8) is 0 Å². The summed E-state index contributed by atoms with van der Waals surface area (Å²) in [4.78, 5) is 38.1. The maximum atomic E-state index is 15.6. The van der Waals surface area contributed by atoms with Gasteiger partial charge in [-0.15, -0.1) is 0 Å². The van der Waals surface area contributed by atoms with Gasteiger partial charge in [-0.3, -0.25) is 19.7 Å². The first-order chi connectivity index (χ1) is 16.2. The Morgan fingerprint density at radius 3 is 2.76 bits per heavy atom. The molecular weight excluding hydrogens is 437 g/mol. The highest BCUT2D eigenvalue weighted by Crippen LogP contribution is 2.38. The summed E-state index contributed by atoms with van der Waals surface area (Å²) in [6, 6.07) is 3.27. The molecule has 1 saturated carbocycles.